The van der Waals surface area contributed by atoms with E-state index >= 15 is 0 Å². The first kappa shape index (κ1) is 26.4. The summed E-state index contributed by atoms with van der Waals surface area (Å²) in [5.74, 6) is -0.869. The Kier molecular flexibility index (Phi) is 6.06. The molecule has 7 rings (SSSR count). The standard InChI is InChI=1S/C31H43NO7/c1-5-32-15-29(16-36-2)12-11-21(33)31-19-13-18-20(37-3)14-30(35,23(27(31)32)25(38-4)26(29)31)22(19)24(18)39-28(34)17-9-7-6-8-10-17/h6-10,18-27,33,35H,5,11-16H2,1-4H3/t18-,19-,20+,21+,22-,23?,24+,25+,26-,27-,29+,30-,31+/m0/s1. The van der Waals surface area contributed by atoms with Crippen molar-refractivity contribution >= 4 is 5.97 Å². The molecule has 13 atom stereocenters. The van der Waals surface area contributed by atoms with Crippen LogP contribution >= 0.6 is 0 Å². The Morgan fingerprint density at radius 1 is 1.10 bits per heavy atom. The van der Waals surface area contributed by atoms with Crippen molar-refractivity contribution in [2.75, 3.05) is 41.0 Å². The van der Waals surface area contributed by atoms with Crippen LogP contribution < -0.4 is 0 Å². The summed E-state index contributed by atoms with van der Waals surface area (Å²) in [6.07, 6.45) is 1.36. The summed E-state index contributed by atoms with van der Waals surface area (Å²) < 4.78 is 24.8. The molecule has 0 aromatic heterocycles. The number of nitrogens with zero attached hydrogens (tertiary/aromatic N) is 1. The SMILES string of the molecule is CCN1C[C@@]2(COC)CC[C@@H](O)[C@@]34[C@@H]1C([C@@H](OC)[C@@H]23)[C@]1(O)C[C@@H](OC)[C@@H]2C[C@H]4[C@H]1[C@@H]2OC(=O)c1ccccc1. The maximum atomic E-state index is 13.4. The highest BCUT2D eigenvalue weighted by atomic mass is 16.6. The van der Waals surface area contributed by atoms with E-state index < -0.39 is 23.2 Å². The Hall–Kier alpha value is -1.55. The predicted octanol–water partition coefficient (Wildman–Crippen LogP) is 2.37. The summed E-state index contributed by atoms with van der Waals surface area (Å²) >= 11 is 0. The minimum absolute atomic E-state index is 0.0104. The molecule has 1 unspecified atom stereocenters. The number of esters is 1. The fourth-order valence-electron chi connectivity index (χ4n) is 11.6. The maximum Gasteiger partial charge on any atom is 0.338 e. The van der Waals surface area contributed by atoms with Crippen molar-refractivity contribution in [3.05, 3.63) is 35.9 Å². The van der Waals surface area contributed by atoms with Crippen molar-refractivity contribution in [3.63, 3.8) is 0 Å². The highest BCUT2D eigenvalue weighted by molar-refractivity contribution is 5.89. The van der Waals surface area contributed by atoms with Gasteiger partial charge in [0.25, 0.3) is 0 Å². The lowest BCUT2D eigenvalue weighted by Gasteiger charge is -2.68. The fourth-order valence-corrected chi connectivity index (χ4v) is 11.6. The molecule has 5 aliphatic carbocycles. The Balaban J connectivity index is 1.41. The third-order valence-corrected chi connectivity index (χ3v) is 12.3. The second-order valence-corrected chi connectivity index (χ2v) is 13.3. The van der Waals surface area contributed by atoms with Crippen molar-refractivity contribution in [1.29, 1.82) is 0 Å². The van der Waals surface area contributed by atoms with Crippen molar-refractivity contribution < 1.29 is 34.0 Å². The fraction of sp³-hybridized carbons (Fsp3) is 0.774. The first-order valence-corrected chi connectivity index (χ1v) is 14.8. The van der Waals surface area contributed by atoms with Crippen LogP contribution in [0.3, 0.4) is 0 Å². The smallest absolute Gasteiger partial charge is 0.338 e. The molecule has 6 fully saturated rings. The van der Waals surface area contributed by atoms with Crippen molar-refractivity contribution in [3.8, 4) is 0 Å². The number of aliphatic hydroxyl groups excluding tert-OH is 1. The summed E-state index contributed by atoms with van der Waals surface area (Å²) in [5, 5.41) is 25.2. The number of carbonyl (C=O) groups excluding carboxylic acids is 1. The summed E-state index contributed by atoms with van der Waals surface area (Å²) in [6, 6.07) is 9.09. The zero-order valence-electron chi connectivity index (χ0n) is 23.5. The Morgan fingerprint density at radius 3 is 2.54 bits per heavy atom. The first-order valence-electron chi connectivity index (χ1n) is 14.8. The average Bonchev–Trinajstić information content (AvgIpc) is 3.38. The predicted molar refractivity (Wildman–Crippen MR) is 142 cm³/mol. The van der Waals surface area contributed by atoms with Crippen LogP contribution in [0.15, 0.2) is 30.3 Å². The van der Waals surface area contributed by atoms with Crippen LogP contribution in [0.5, 0.6) is 0 Å². The second kappa shape index (κ2) is 8.97. The lowest BCUT2D eigenvalue weighted by molar-refractivity contribution is -0.272. The van der Waals surface area contributed by atoms with Gasteiger partial charge in [-0.2, -0.15) is 0 Å². The number of aliphatic hydroxyl groups is 2. The third-order valence-electron chi connectivity index (χ3n) is 12.3. The van der Waals surface area contributed by atoms with Gasteiger partial charge in [0.1, 0.15) is 6.10 Å². The van der Waals surface area contributed by atoms with Crippen LogP contribution in [0.1, 0.15) is 43.0 Å². The van der Waals surface area contributed by atoms with Gasteiger partial charge in [-0.3, -0.25) is 4.90 Å². The van der Waals surface area contributed by atoms with Crippen LogP contribution in [0.4, 0.5) is 0 Å². The molecule has 2 N–H and O–H groups in total. The zero-order chi connectivity index (χ0) is 27.3. The van der Waals surface area contributed by atoms with E-state index in [2.05, 4.69) is 11.8 Å². The highest BCUT2D eigenvalue weighted by Gasteiger charge is 2.86. The number of methoxy groups -OCH3 is 3. The number of fused-ring (bicyclic) bond motifs is 2. The Labute approximate surface area is 230 Å². The zero-order valence-corrected chi connectivity index (χ0v) is 23.5. The average molecular weight is 542 g/mol. The Morgan fingerprint density at radius 2 is 1.87 bits per heavy atom. The molecule has 1 aliphatic heterocycles. The highest BCUT2D eigenvalue weighted by Crippen LogP contribution is 2.79. The van der Waals surface area contributed by atoms with E-state index in [1.807, 2.05) is 18.2 Å². The van der Waals surface area contributed by atoms with Crippen LogP contribution in [0.2, 0.25) is 0 Å². The maximum absolute atomic E-state index is 13.4. The number of benzene rings is 1. The molecule has 39 heavy (non-hydrogen) atoms. The molecule has 7 bridgehead atoms. The first-order chi connectivity index (χ1) is 18.8. The number of hydrogen-bond acceptors (Lipinski definition) is 8. The monoisotopic (exact) mass is 541 g/mol. The summed E-state index contributed by atoms with van der Waals surface area (Å²) in [5.41, 5.74) is -1.28. The molecule has 8 heteroatoms. The molecular formula is C31H43NO7. The van der Waals surface area contributed by atoms with Gasteiger partial charge >= 0.3 is 5.97 Å². The van der Waals surface area contributed by atoms with Gasteiger partial charge in [-0.25, -0.2) is 4.79 Å². The lowest BCUT2D eigenvalue weighted by atomic mass is 9.43. The van der Waals surface area contributed by atoms with E-state index in [0.717, 1.165) is 25.9 Å². The molecule has 214 valence electrons. The van der Waals surface area contributed by atoms with Crippen LogP contribution in [0.25, 0.3) is 0 Å². The van der Waals surface area contributed by atoms with Crippen molar-refractivity contribution in [2.24, 2.45) is 40.4 Å². The third kappa shape index (κ3) is 3.08. The van der Waals surface area contributed by atoms with Gasteiger partial charge in [0.05, 0.1) is 36.1 Å². The minimum Gasteiger partial charge on any atom is -0.458 e. The molecule has 8 nitrogen and oxygen atoms in total. The van der Waals surface area contributed by atoms with E-state index in [4.69, 9.17) is 18.9 Å². The molecule has 1 aromatic rings. The van der Waals surface area contributed by atoms with Gasteiger partial charge in [0, 0.05) is 74.8 Å². The lowest BCUT2D eigenvalue weighted by Crippen LogP contribution is -2.76. The van der Waals surface area contributed by atoms with Gasteiger partial charge in [-0.1, -0.05) is 25.1 Å². The van der Waals surface area contributed by atoms with E-state index in [0.29, 0.717) is 25.0 Å². The number of piperidine rings is 1. The Bertz CT molecular complexity index is 1120. The van der Waals surface area contributed by atoms with Gasteiger partial charge < -0.3 is 29.2 Å². The van der Waals surface area contributed by atoms with Crippen LogP contribution in [0, 0.1) is 40.4 Å². The van der Waals surface area contributed by atoms with Crippen molar-refractivity contribution in [1.82, 2.24) is 4.90 Å². The topological polar surface area (TPSA) is 97.7 Å². The van der Waals surface area contributed by atoms with Crippen LogP contribution in [-0.4, -0.2) is 98.2 Å². The molecule has 0 radical (unpaired) electrons. The molecular weight excluding hydrogens is 498 g/mol. The number of hydrogen-bond donors (Lipinski definition) is 2. The largest absolute Gasteiger partial charge is 0.458 e. The van der Waals surface area contributed by atoms with Crippen molar-refractivity contribution in [2.45, 2.75) is 68.7 Å². The van der Waals surface area contributed by atoms with E-state index in [9.17, 15) is 15.0 Å². The summed E-state index contributed by atoms with van der Waals surface area (Å²) in [7, 11) is 5.24. The number of ether oxygens (including phenoxy) is 4. The van der Waals surface area contributed by atoms with Gasteiger partial charge in [-0.05, 0) is 43.9 Å². The van der Waals surface area contributed by atoms with Gasteiger partial charge in [0.2, 0.25) is 0 Å². The molecule has 1 spiro atoms. The molecule has 1 saturated heterocycles. The molecule has 1 heterocycles. The quantitative estimate of drug-likeness (QED) is 0.508. The number of likely N-dealkylation sites (tertiary alicyclic amines) is 1. The van der Waals surface area contributed by atoms with E-state index in [1.165, 1.54) is 0 Å². The number of rotatable bonds is 7. The van der Waals surface area contributed by atoms with Crippen LogP contribution in [-0.2, 0) is 18.9 Å². The van der Waals surface area contributed by atoms with E-state index in [1.54, 1.807) is 33.5 Å². The normalized spacial score (nSPS) is 51.1. The number of carbonyl (C=O) groups is 1. The van der Waals surface area contributed by atoms with E-state index in [-0.39, 0.29) is 59.2 Å². The molecule has 5 saturated carbocycles. The minimum atomic E-state index is -1.15. The molecule has 0 amide bonds. The molecule has 6 aliphatic rings. The molecule has 1 aromatic carbocycles. The van der Waals surface area contributed by atoms with Gasteiger partial charge in [-0.15, -0.1) is 0 Å². The second-order valence-electron chi connectivity index (χ2n) is 13.3. The van der Waals surface area contributed by atoms with Gasteiger partial charge in [0.15, 0.2) is 0 Å². The summed E-state index contributed by atoms with van der Waals surface area (Å²) in [4.78, 5) is 15.9. The summed E-state index contributed by atoms with van der Waals surface area (Å²) in [6.45, 7) is 4.51.